The van der Waals surface area contributed by atoms with Crippen LogP contribution in [-0.2, 0) is 31.6 Å². The predicted molar refractivity (Wildman–Crippen MR) is 184 cm³/mol. The number of nitrogens with zero attached hydrogens (tertiary/aromatic N) is 4. The van der Waals surface area contributed by atoms with E-state index in [0.717, 1.165) is 76.5 Å². The fraction of sp³-hybridized carbons (Fsp3) is 0.667. The molecule has 4 heterocycles. The number of ether oxygens (including phenoxy) is 2. The summed E-state index contributed by atoms with van der Waals surface area (Å²) >= 11 is 0.847. The van der Waals surface area contributed by atoms with Crippen LogP contribution in [0.15, 0.2) is 62.6 Å². The van der Waals surface area contributed by atoms with Crippen molar-refractivity contribution in [3.8, 4) is 0 Å². The van der Waals surface area contributed by atoms with Gasteiger partial charge in [-0.25, -0.2) is 4.99 Å². The van der Waals surface area contributed by atoms with Gasteiger partial charge in [0, 0.05) is 52.6 Å². The van der Waals surface area contributed by atoms with Crippen molar-refractivity contribution in [3.63, 3.8) is 0 Å². The third-order valence-corrected chi connectivity index (χ3v) is 8.68. The van der Waals surface area contributed by atoms with E-state index >= 15 is 0 Å². The first kappa shape index (κ1) is 37.7. The number of allylic oxidation sites excluding steroid dienone is 6. The average Bonchev–Trinajstić information content (AvgIpc) is 3.53. The Morgan fingerprint density at radius 2 is 1.36 bits per heavy atom. The van der Waals surface area contributed by atoms with Crippen molar-refractivity contribution in [1.29, 1.82) is 0 Å². The van der Waals surface area contributed by atoms with Gasteiger partial charge in [0.1, 0.15) is 0 Å². The number of halogens is 1. The Morgan fingerprint density at radius 1 is 0.778 bits per heavy atom. The number of aliphatic imine (C=N–C) groups is 3. The molecule has 4 aliphatic heterocycles. The second-order valence-corrected chi connectivity index (χ2v) is 16.7. The van der Waals surface area contributed by atoms with Crippen molar-refractivity contribution in [3.05, 3.63) is 52.9 Å². The maximum absolute atomic E-state index is 12.4. The van der Waals surface area contributed by atoms with Crippen molar-refractivity contribution in [2.75, 3.05) is 13.2 Å². The molecular weight excluding hydrogens is 637 g/mol. The van der Waals surface area contributed by atoms with E-state index in [-0.39, 0.29) is 33.4 Å². The van der Waals surface area contributed by atoms with Gasteiger partial charge in [-0.05, 0) is 65.5 Å². The molecule has 0 radical (unpaired) electrons. The third-order valence-electron chi connectivity index (χ3n) is 8.68. The van der Waals surface area contributed by atoms with E-state index in [4.69, 9.17) is 34.5 Å². The summed E-state index contributed by atoms with van der Waals surface area (Å²) in [6.45, 7) is 30.6. The van der Waals surface area contributed by atoms with Crippen LogP contribution in [0.25, 0.3) is 5.32 Å². The fourth-order valence-electron chi connectivity index (χ4n) is 5.73. The third kappa shape index (κ3) is 9.65. The molecule has 2 atom stereocenters. The van der Waals surface area contributed by atoms with E-state index in [1.807, 2.05) is 26.8 Å². The van der Waals surface area contributed by atoms with E-state index in [0.29, 0.717) is 19.6 Å². The molecule has 0 aromatic heterocycles. The maximum atomic E-state index is 12.4. The molecular formula is C36H53ClN4O3Zn. The van der Waals surface area contributed by atoms with Crippen LogP contribution in [0.5, 0.6) is 0 Å². The van der Waals surface area contributed by atoms with E-state index in [1.165, 1.54) is 0 Å². The Balaban J connectivity index is 0.00000271. The quantitative estimate of drug-likeness (QED) is 0.250. The topological polar surface area (TPSA) is 86.7 Å². The molecule has 1 amide bonds. The number of hydrogen-bond donors (Lipinski definition) is 0. The van der Waals surface area contributed by atoms with Gasteiger partial charge >= 0.3 is 27.0 Å². The van der Waals surface area contributed by atoms with Gasteiger partial charge in [-0.2, -0.15) is 11.4 Å². The Morgan fingerprint density at radius 3 is 1.89 bits per heavy atom. The van der Waals surface area contributed by atoms with Crippen LogP contribution >= 0.6 is 9.69 Å². The van der Waals surface area contributed by atoms with E-state index in [9.17, 15) is 4.79 Å². The summed E-state index contributed by atoms with van der Waals surface area (Å²) in [6, 6.07) is 0. The van der Waals surface area contributed by atoms with Gasteiger partial charge in [-0.15, -0.1) is 6.58 Å². The second kappa shape index (κ2) is 13.4. The normalized spacial score (nSPS) is 30.5. The summed E-state index contributed by atoms with van der Waals surface area (Å²) in [7, 11) is 4.76. The van der Waals surface area contributed by atoms with Crippen molar-refractivity contribution in [1.82, 2.24) is 0 Å². The standard InChI is InChI=1S/C36H54N4O3.ClH.Zn/c1-23-33(8,9)17-24(37-23)14-25-19-35(12,21-42-31(2,3)4)29(39-25)16-27-34(10,11)18-26(38-27)15-28-36(13,20-30(41)40-28)22-43-32(5,6)7;;/h14-16H,1,17-22H2,2-13H3,(H,37,38,39,40,41);1H;/q;;+2/p-2. The molecule has 0 bridgehead atoms. The van der Waals surface area contributed by atoms with Crippen LogP contribution in [-0.4, -0.2) is 47.5 Å². The summed E-state index contributed by atoms with van der Waals surface area (Å²) in [5.41, 5.74) is 5.03. The molecule has 4 rings (SSSR count). The van der Waals surface area contributed by atoms with Crippen molar-refractivity contribution >= 4 is 32.7 Å². The predicted octanol–water partition coefficient (Wildman–Crippen LogP) is 9.37. The zero-order valence-corrected chi connectivity index (χ0v) is 33.5. The van der Waals surface area contributed by atoms with Gasteiger partial charge < -0.3 is 14.8 Å². The van der Waals surface area contributed by atoms with Crippen molar-refractivity contribution in [2.45, 2.75) is 120 Å². The monoisotopic (exact) mass is 688 g/mol. The van der Waals surface area contributed by atoms with E-state index < -0.39 is 5.41 Å². The van der Waals surface area contributed by atoms with Gasteiger partial charge in [0.25, 0.3) is 0 Å². The number of rotatable bonds is 7. The summed E-state index contributed by atoms with van der Waals surface area (Å²) in [6.07, 6.45) is 9.04. The number of hydrogen-bond acceptors (Lipinski definition) is 5. The molecule has 4 aliphatic rings. The molecule has 0 aromatic carbocycles. The van der Waals surface area contributed by atoms with Crippen LogP contribution in [0.1, 0.15) is 109 Å². The molecule has 0 N–H and O–H groups in total. The zero-order chi connectivity index (χ0) is 34.2. The van der Waals surface area contributed by atoms with Crippen LogP contribution in [0.3, 0.4) is 0 Å². The summed E-state index contributed by atoms with van der Waals surface area (Å²) in [5, 5.41) is 4.75. The Bertz CT molecular complexity index is 1390. The van der Waals surface area contributed by atoms with Gasteiger partial charge in [0.05, 0.1) is 35.8 Å². The molecule has 45 heavy (non-hydrogen) atoms. The number of carbonyl (C=O) groups excluding carboxylic acids is 1. The molecule has 0 aromatic rings. The molecule has 244 valence electrons. The second-order valence-electron chi connectivity index (χ2n) is 16.7. The zero-order valence-electron chi connectivity index (χ0n) is 29.8. The Hall–Kier alpha value is -1.73. The SMILES string of the molecule is C=C1[N-]/C(=C\C2=NC(=C\C3=NC(=C\C4=NC(=O)CC4(C)COC(C)(C)C)/CC3(C)C)/C(C)(COC(C)(C)C)C2)CC1(C)C.[Cl][Zn+]. The Kier molecular flexibility index (Phi) is 11.2. The van der Waals surface area contributed by atoms with Gasteiger partial charge in [0.2, 0.25) is 5.91 Å². The van der Waals surface area contributed by atoms with Crippen molar-refractivity contribution in [2.24, 2.45) is 36.6 Å². The molecule has 1 saturated heterocycles. The van der Waals surface area contributed by atoms with Crippen LogP contribution in [0, 0.1) is 21.7 Å². The van der Waals surface area contributed by atoms with Crippen LogP contribution in [0.4, 0.5) is 0 Å². The van der Waals surface area contributed by atoms with Gasteiger partial charge in [-0.3, -0.25) is 14.8 Å². The summed E-state index contributed by atoms with van der Waals surface area (Å²) in [5.74, 6) is -0.104. The molecule has 2 unspecified atom stereocenters. The minimum absolute atomic E-state index is 0.0309. The van der Waals surface area contributed by atoms with Gasteiger partial charge in [-0.1, -0.05) is 47.6 Å². The minimum atomic E-state index is -0.468. The van der Waals surface area contributed by atoms with Gasteiger partial charge in [0.15, 0.2) is 0 Å². The van der Waals surface area contributed by atoms with Crippen molar-refractivity contribution < 1.29 is 31.6 Å². The molecule has 7 nitrogen and oxygen atoms in total. The average molecular weight is 691 g/mol. The number of amides is 1. The molecule has 0 spiro atoms. The number of carbonyl (C=O) groups is 1. The first-order chi connectivity index (χ1) is 20.5. The summed E-state index contributed by atoms with van der Waals surface area (Å²) < 4.78 is 12.4. The fourth-order valence-corrected chi connectivity index (χ4v) is 5.73. The van der Waals surface area contributed by atoms with E-state index in [1.54, 1.807) is 0 Å². The molecule has 1 fully saturated rings. The molecule has 0 aliphatic carbocycles. The first-order valence-corrected chi connectivity index (χ1v) is 19.8. The Labute approximate surface area is 286 Å². The van der Waals surface area contributed by atoms with E-state index in [2.05, 4.69) is 86.0 Å². The van der Waals surface area contributed by atoms with Crippen LogP contribution < -0.4 is 0 Å². The van der Waals surface area contributed by atoms with Crippen LogP contribution in [0.2, 0.25) is 0 Å². The molecule has 0 saturated carbocycles. The molecule has 9 heteroatoms. The summed E-state index contributed by atoms with van der Waals surface area (Å²) in [4.78, 5) is 27.1. The first-order valence-electron chi connectivity index (χ1n) is 15.9.